The zero-order chi connectivity index (χ0) is 20.1. The third-order valence-corrected chi connectivity index (χ3v) is 7.10. The average molecular weight is 431 g/mol. The van der Waals surface area contributed by atoms with Crippen molar-refractivity contribution >= 4 is 33.5 Å². The maximum atomic E-state index is 12.7. The van der Waals surface area contributed by atoms with Gasteiger partial charge in [0, 0.05) is 44.4 Å². The Morgan fingerprint density at radius 1 is 1.07 bits per heavy atom. The van der Waals surface area contributed by atoms with E-state index in [2.05, 4.69) is 0 Å². The van der Waals surface area contributed by atoms with Crippen molar-refractivity contribution in [3.63, 3.8) is 0 Å². The molecule has 1 aromatic carbocycles. The number of rotatable bonds is 5. The summed E-state index contributed by atoms with van der Waals surface area (Å²) in [4.78, 5) is 26.0. The largest absolute Gasteiger partial charge is 0.455 e. The van der Waals surface area contributed by atoms with Crippen LogP contribution in [0.3, 0.4) is 0 Å². The molecule has 10 heteroatoms. The van der Waals surface area contributed by atoms with Crippen LogP contribution < -0.4 is 0 Å². The molecule has 2 aliphatic rings. The van der Waals surface area contributed by atoms with E-state index in [-0.39, 0.29) is 55.5 Å². The number of halogens is 1. The minimum atomic E-state index is -3.63. The molecular formula is C18H23ClN2O6S. The molecule has 1 aromatic rings. The highest BCUT2D eigenvalue weighted by Crippen LogP contribution is 2.20. The Labute approximate surface area is 169 Å². The molecule has 0 bridgehead atoms. The Bertz CT molecular complexity index is 800. The van der Waals surface area contributed by atoms with Crippen LogP contribution in [0.2, 0.25) is 5.02 Å². The molecule has 3 rings (SSSR count). The van der Waals surface area contributed by atoms with E-state index in [9.17, 15) is 18.0 Å². The maximum absolute atomic E-state index is 12.7. The van der Waals surface area contributed by atoms with E-state index in [1.54, 1.807) is 0 Å². The summed E-state index contributed by atoms with van der Waals surface area (Å²) in [6, 6.07) is 5.98. The lowest BCUT2D eigenvalue weighted by Gasteiger charge is -2.34. The molecule has 1 amide bonds. The van der Waals surface area contributed by atoms with Crippen LogP contribution in [0.4, 0.5) is 0 Å². The van der Waals surface area contributed by atoms with E-state index in [4.69, 9.17) is 21.1 Å². The Kier molecular flexibility index (Phi) is 6.92. The van der Waals surface area contributed by atoms with Gasteiger partial charge in [-0.25, -0.2) is 8.42 Å². The van der Waals surface area contributed by atoms with Crippen molar-refractivity contribution in [1.82, 2.24) is 9.21 Å². The van der Waals surface area contributed by atoms with Crippen molar-refractivity contribution in [2.24, 2.45) is 5.92 Å². The highest BCUT2D eigenvalue weighted by atomic mass is 35.5. The summed E-state index contributed by atoms with van der Waals surface area (Å²) in [7, 11) is -3.63. The molecule has 0 radical (unpaired) electrons. The van der Waals surface area contributed by atoms with E-state index >= 15 is 0 Å². The van der Waals surface area contributed by atoms with E-state index in [1.807, 2.05) is 0 Å². The smallest absolute Gasteiger partial charge is 0.309 e. The maximum Gasteiger partial charge on any atom is 0.309 e. The third-order valence-electron chi connectivity index (χ3n) is 4.94. The van der Waals surface area contributed by atoms with Gasteiger partial charge in [-0.1, -0.05) is 11.6 Å². The number of esters is 1. The molecule has 154 valence electrons. The lowest BCUT2D eigenvalue weighted by Crippen LogP contribution is -2.51. The lowest BCUT2D eigenvalue weighted by atomic mass is 10.0. The summed E-state index contributed by atoms with van der Waals surface area (Å²) in [5.74, 6) is -0.910. The Morgan fingerprint density at radius 2 is 1.68 bits per heavy atom. The number of carbonyl (C=O) groups is 2. The van der Waals surface area contributed by atoms with Gasteiger partial charge in [0.2, 0.25) is 10.0 Å². The number of nitrogens with zero attached hydrogens (tertiary/aromatic N) is 2. The van der Waals surface area contributed by atoms with Crippen LogP contribution in [0, 0.1) is 5.92 Å². The number of carbonyl (C=O) groups excluding carboxylic acids is 2. The van der Waals surface area contributed by atoms with Crippen LogP contribution in [-0.4, -0.2) is 75.5 Å². The molecule has 0 atom stereocenters. The first-order valence-corrected chi connectivity index (χ1v) is 11.0. The van der Waals surface area contributed by atoms with Gasteiger partial charge in [-0.2, -0.15) is 4.31 Å². The van der Waals surface area contributed by atoms with Gasteiger partial charge in [-0.05, 0) is 37.1 Å². The van der Waals surface area contributed by atoms with Gasteiger partial charge in [-0.3, -0.25) is 9.59 Å². The summed E-state index contributed by atoms with van der Waals surface area (Å²) in [5.41, 5.74) is 0. The first-order chi connectivity index (χ1) is 13.4. The molecule has 0 N–H and O–H groups in total. The van der Waals surface area contributed by atoms with Crippen molar-refractivity contribution < 1.29 is 27.5 Å². The molecule has 28 heavy (non-hydrogen) atoms. The number of amides is 1. The molecular weight excluding hydrogens is 408 g/mol. The topological polar surface area (TPSA) is 93.2 Å². The SMILES string of the molecule is O=C(OCC(=O)N1CCN(S(=O)(=O)c2ccc(Cl)cc2)CC1)C1CCOCC1. The zero-order valence-electron chi connectivity index (χ0n) is 15.4. The quantitative estimate of drug-likeness (QED) is 0.650. The second-order valence-corrected chi connectivity index (χ2v) is 9.11. The normalized spacial score (nSPS) is 19.4. The summed E-state index contributed by atoms with van der Waals surface area (Å²) in [6.45, 7) is 1.60. The van der Waals surface area contributed by atoms with E-state index in [0.717, 1.165) is 0 Å². The fourth-order valence-corrected chi connectivity index (χ4v) is 4.76. The molecule has 0 spiro atoms. The first kappa shape index (κ1) is 21.0. The van der Waals surface area contributed by atoms with Crippen LogP contribution >= 0.6 is 11.6 Å². The molecule has 0 unspecified atom stereocenters. The number of hydrogen-bond acceptors (Lipinski definition) is 6. The minimum Gasteiger partial charge on any atom is -0.455 e. The Hall–Kier alpha value is -1.68. The van der Waals surface area contributed by atoms with Crippen molar-refractivity contribution in [3.8, 4) is 0 Å². The first-order valence-electron chi connectivity index (χ1n) is 9.16. The van der Waals surface area contributed by atoms with E-state index < -0.39 is 10.0 Å². The molecule has 2 heterocycles. The van der Waals surface area contributed by atoms with Crippen molar-refractivity contribution in [2.75, 3.05) is 46.0 Å². The van der Waals surface area contributed by atoms with Gasteiger partial charge in [0.05, 0.1) is 10.8 Å². The van der Waals surface area contributed by atoms with E-state index in [1.165, 1.54) is 33.5 Å². The number of piperazine rings is 1. The van der Waals surface area contributed by atoms with Crippen LogP contribution in [0.25, 0.3) is 0 Å². The van der Waals surface area contributed by atoms with Gasteiger partial charge in [0.15, 0.2) is 6.61 Å². The number of hydrogen-bond donors (Lipinski definition) is 0. The summed E-state index contributed by atoms with van der Waals surface area (Å²) < 4.78 is 37.0. The molecule has 2 fully saturated rings. The zero-order valence-corrected chi connectivity index (χ0v) is 17.0. The van der Waals surface area contributed by atoms with Gasteiger partial charge in [-0.15, -0.1) is 0 Å². The van der Waals surface area contributed by atoms with Crippen LogP contribution in [0.1, 0.15) is 12.8 Å². The predicted molar refractivity (Wildman–Crippen MR) is 101 cm³/mol. The van der Waals surface area contributed by atoms with Gasteiger partial charge < -0.3 is 14.4 Å². The summed E-state index contributed by atoms with van der Waals surface area (Å²) in [6.07, 6.45) is 1.21. The lowest BCUT2D eigenvalue weighted by molar-refractivity contribution is -0.158. The second kappa shape index (κ2) is 9.21. The molecule has 8 nitrogen and oxygen atoms in total. The number of ether oxygens (including phenoxy) is 2. The number of sulfonamides is 1. The fourth-order valence-electron chi connectivity index (χ4n) is 3.21. The predicted octanol–water partition coefficient (Wildman–Crippen LogP) is 1.14. The van der Waals surface area contributed by atoms with Crippen molar-refractivity contribution in [2.45, 2.75) is 17.7 Å². The third kappa shape index (κ3) is 5.02. The molecule has 2 aliphatic heterocycles. The second-order valence-electron chi connectivity index (χ2n) is 6.73. The molecule has 0 aromatic heterocycles. The highest BCUT2D eigenvalue weighted by Gasteiger charge is 2.31. The minimum absolute atomic E-state index is 0.169. The van der Waals surface area contributed by atoms with Gasteiger partial charge >= 0.3 is 5.97 Å². The van der Waals surface area contributed by atoms with Crippen molar-refractivity contribution in [1.29, 1.82) is 0 Å². The standard InChI is InChI=1S/C18H23ClN2O6S/c19-15-1-3-16(4-2-15)28(24,25)21-9-7-20(8-10-21)17(22)13-27-18(23)14-5-11-26-12-6-14/h1-4,14H,5-13H2. The van der Waals surface area contributed by atoms with Crippen LogP contribution in [0.15, 0.2) is 29.2 Å². The molecule has 0 aliphatic carbocycles. The summed E-state index contributed by atoms with van der Waals surface area (Å²) in [5, 5.41) is 0.463. The van der Waals surface area contributed by atoms with Gasteiger partial charge in [0.1, 0.15) is 0 Å². The summed E-state index contributed by atoms with van der Waals surface area (Å²) >= 11 is 5.81. The van der Waals surface area contributed by atoms with Crippen LogP contribution in [-0.2, 0) is 29.1 Å². The molecule has 0 saturated carbocycles. The van der Waals surface area contributed by atoms with E-state index in [0.29, 0.717) is 31.1 Å². The monoisotopic (exact) mass is 430 g/mol. The fraction of sp³-hybridized carbons (Fsp3) is 0.556. The number of benzene rings is 1. The van der Waals surface area contributed by atoms with Gasteiger partial charge in [0.25, 0.3) is 5.91 Å². The Balaban J connectivity index is 1.48. The van der Waals surface area contributed by atoms with Crippen molar-refractivity contribution in [3.05, 3.63) is 29.3 Å². The average Bonchev–Trinajstić information content (AvgIpc) is 2.73. The highest BCUT2D eigenvalue weighted by molar-refractivity contribution is 7.89. The Morgan fingerprint density at radius 3 is 2.29 bits per heavy atom. The molecule has 2 saturated heterocycles. The van der Waals surface area contributed by atoms with Crippen LogP contribution in [0.5, 0.6) is 0 Å².